The maximum absolute atomic E-state index is 13.3. The van der Waals surface area contributed by atoms with Crippen LogP contribution in [0.4, 0.5) is 4.39 Å². The number of nitrogens with one attached hydrogen (secondary N) is 1. The fourth-order valence-electron chi connectivity index (χ4n) is 3.63. The van der Waals surface area contributed by atoms with E-state index in [4.69, 9.17) is 4.74 Å². The lowest BCUT2D eigenvalue weighted by molar-refractivity contribution is 0.0690. The predicted molar refractivity (Wildman–Crippen MR) is 127 cm³/mol. The van der Waals surface area contributed by atoms with Crippen LogP contribution in [0, 0.1) is 5.82 Å². The summed E-state index contributed by atoms with van der Waals surface area (Å²) in [4.78, 5) is 11.5. The van der Waals surface area contributed by atoms with Crippen molar-refractivity contribution in [3.05, 3.63) is 89.2 Å². The minimum Gasteiger partial charge on any atom is -0.490 e. The minimum absolute atomic E-state index is 0.111. The number of hydrogen-bond donors (Lipinski definition) is 3. The number of benzene rings is 3. The molecule has 3 rings (SSSR count). The number of halogens is 1. The monoisotopic (exact) mass is 451 g/mol. The quantitative estimate of drug-likeness (QED) is 0.393. The van der Waals surface area contributed by atoms with Crippen LogP contribution in [0.25, 0.3) is 11.1 Å². The third-order valence-corrected chi connectivity index (χ3v) is 5.30. The number of carboxylic acid groups (broad SMARTS) is 1. The highest BCUT2D eigenvalue weighted by molar-refractivity contribution is 5.92. The summed E-state index contributed by atoms with van der Waals surface area (Å²) in [6.07, 6.45) is -0.147. The molecule has 3 N–H and O–H groups in total. The average molecular weight is 452 g/mol. The van der Waals surface area contributed by atoms with Crippen LogP contribution in [-0.2, 0) is 6.42 Å². The van der Waals surface area contributed by atoms with E-state index in [1.165, 1.54) is 12.1 Å². The Morgan fingerprint density at radius 1 is 1.00 bits per heavy atom. The third-order valence-electron chi connectivity index (χ3n) is 5.30. The van der Waals surface area contributed by atoms with Gasteiger partial charge in [0, 0.05) is 12.6 Å². The van der Waals surface area contributed by atoms with Crippen LogP contribution >= 0.6 is 0 Å². The van der Waals surface area contributed by atoms with Gasteiger partial charge in [-0.25, -0.2) is 9.18 Å². The van der Waals surface area contributed by atoms with E-state index in [0.717, 1.165) is 23.1 Å². The lowest BCUT2D eigenvalue weighted by atomic mass is 9.99. The van der Waals surface area contributed by atoms with Gasteiger partial charge in [-0.2, -0.15) is 0 Å². The summed E-state index contributed by atoms with van der Waals surface area (Å²) in [6, 6.07) is 19.3. The molecule has 0 aliphatic heterocycles. The standard InChI is InChI=1S/C27H30FNO4/c1-17(2)33-26-15-21(11-12-24(26)27(31)32)20-9-7-19(8-10-20)13-18(3)29-16-25(30)22-5-4-6-23(28)14-22/h4-12,14-15,17-18,25,29-30H,13,16H2,1-3H3,(H,31,32)/t18-,25+/m1/s1. The van der Waals surface area contributed by atoms with Gasteiger partial charge >= 0.3 is 5.97 Å². The molecule has 5 nitrogen and oxygen atoms in total. The molecule has 0 amide bonds. The normalized spacial score (nSPS) is 13.0. The Morgan fingerprint density at radius 3 is 2.33 bits per heavy atom. The SMILES string of the molecule is CC(C)Oc1cc(-c2ccc(C[C@@H](C)NC[C@H](O)c3cccc(F)c3)cc2)ccc1C(=O)O. The maximum atomic E-state index is 13.3. The van der Waals surface area contributed by atoms with Crippen LogP contribution in [0.3, 0.4) is 0 Å². The van der Waals surface area contributed by atoms with Gasteiger partial charge in [0.05, 0.1) is 12.2 Å². The van der Waals surface area contributed by atoms with Gasteiger partial charge in [0.2, 0.25) is 0 Å². The molecule has 33 heavy (non-hydrogen) atoms. The van der Waals surface area contributed by atoms with Crippen LogP contribution in [0.1, 0.15) is 48.4 Å². The number of aliphatic hydroxyl groups is 1. The van der Waals surface area contributed by atoms with Crippen molar-refractivity contribution in [1.29, 1.82) is 0 Å². The fraction of sp³-hybridized carbons (Fsp3) is 0.296. The molecular weight excluding hydrogens is 421 g/mol. The zero-order chi connectivity index (χ0) is 24.0. The van der Waals surface area contributed by atoms with Crippen molar-refractivity contribution >= 4 is 5.97 Å². The number of rotatable bonds is 10. The molecule has 0 saturated carbocycles. The van der Waals surface area contributed by atoms with Crippen molar-refractivity contribution in [3.8, 4) is 16.9 Å². The molecule has 0 radical (unpaired) electrons. The Labute approximate surface area is 193 Å². The van der Waals surface area contributed by atoms with Gasteiger partial charge in [-0.1, -0.05) is 42.5 Å². The molecule has 0 aliphatic rings. The summed E-state index contributed by atoms with van der Waals surface area (Å²) < 4.78 is 19.0. The van der Waals surface area contributed by atoms with Crippen LogP contribution in [0.2, 0.25) is 0 Å². The maximum Gasteiger partial charge on any atom is 0.339 e. The average Bonchev–Trinajstić information content (AvgIpc) is 2.77. The van der Waals surface area contributed by atoms with Gasteiger partial charge in [0.25, 0.3) is 0 Å². The highest BCUT2D eigenvalue weighted by atomic mass is 19.1. The topological polar surface area (TPSA) is 78.8 Å². The van der Waals surface area contributed by atoms with E-state index < -0.39 is 12.1 Å². The molecule has 6 heteroatoms. The van der Waals surface area contributed by atoms with Gasteiger partial charge in [0.1, 0.15) is 17.1 Å². The fourth-order valence-corrected chi connectivity index (χ4v) is 3.63. The lowest BCUT2D eigenvalue weighted by Crippen LogP contribution is -2.32. The summed E-state index contributed by atoms with van der Waals surface area (Å²) in [5.41, 5.74) is 3.66. The summed E-state index contributed by atoms with van der Waals surface area (Å²) in [5.74, 6) is -1.02. The Morgan fingerprint density at radius 2 is 1.70 bits per heavy atom. The smallest absolute Gasteiger partial charge is 0.339 e. The zero-order valence-corrected chi connectivity index (χ0v) is 19.1. The highest BCUT2D eigenvalue weighted by Crippen LogP contribution is 2.29. The molecule has 0 bridgehead atoms. The number of aliphatic hydroxyl groups excluding tert-OH is 1. The highest BCUT2D eigenvalue weighted by Gasteiger charge is 2.15. The van der Waals surface area contributed by atoms with Crippen LogP contribution in [0.15, 0.2) is 66.7 Å². The number of aromatic carboxylic acids is 1. The van der Waals surface area contributed by atoms with Gasteiger partial charge < -0.3 is 20.3 Å². The molecule has 174 valence electrons. The molecular formula is C27H30FNO4. The van der Waals surface area contributed by atoms with Gasteiger partial charge in [-0.15, -0.1) is 0 Å². The first-order valence-corrected chi connectivity index (χ1v) is 11.0. The minimum atomic E-state index is -1.02. The second kappa shape index (κ2) is 11.1. The van der Waals surface area contributed by atoms with E-state index in [2.05, 4.69) is 5.32 Å². The molecule has 0 aromatic heterocycles. The second-order valence-corrected chi connectivity index (χ2v) is 8.46. The summed E-state index contributed by atoms with van der Waals surface area (Å²) >= 11 is 0. The molecule has 2 atom stereocenters. The van der Waals surface area contributed by atoms with Crippen molar-refractivity contribution in [1.82, 2.24) is 5.32 Å². The van der Waals surface area contributed by atoms with Crippen LogP contribution in [0.5, 0.6) is 5.75 Å². The molecule has 0 saturated heterocycles. The molecule has 0 heterocycles. The van der Waals surface area contributed by atoms with Gasteiger partial charge in [0.15, 0.2) is 0 Å². The van der Waals surface area contributed by atoms with Crippen molar-refractivity contribution < 1.29 is 24.1 Å². The van der Waals surface area contributed by atoms with Gasteiger partial charge in [-0.05, 0) is 73.7 Å². The Hall–Kier alpha value is -3.22. The third kappa shape index (κ3) is 6.88. The molecule has 3 aromatic carbocycles. The summed E-state index contributed by atoms with van der Waals surface area (Å²) in [5, 5.41) is 23.0. The molecule has 0 unspecified atom stereocenters. The van der Waals surface area contributed by atoms with Crippen molar-refractivity contribution in [2.75, 3.05) is 6.54 Å². The summed E-state index contributed by atoms with van der Waals surface area (Å²) in [6.45, 7) is 6.09. The number of carbonyl (C=O) groups is 1. The molecule has 3 aromatic rings. The summed E-state index contributed by atoms with van der Waals surface area (Å²) in [7, 11) is 0. The largest absolute Gasteiger partial charge is 0.490 e. The zero-order valence-electron chi connectivity index (χ0n) is 19.1. The second-order valence-electron chi connectivity index (χ2n) is 8.46. The lowest BCUT2D eigenvalue weighted by Gasteiger charge is -2.18. The number of carboxylic acids is 1. The van der Waals surface area contributed by atoms with E-state index >= 15 is 0 Å². The van der Waals surface area contributed by atoms with E-state index in [-0.39, 0.29) is 23.5 Å². The number of hydrogen-bond acceptors (Lipinski definition) is 4. The first-order chi connectivity index (χ1) is 15.7. The van der Waals surface area contributed by atoms with Crippen molar-refractivity contribution in [2.45, 2.75) is 45.4 Å². The van der Waals surface area contributed by atoms with Crippen molar-refractivity contribution in [3.63, 3.8) is 0 Å². The number of ether oxygens (including phenoxy) is 1. The van der Waals surface area contributed by atoms with Crippen LogP contribution in [-0.4, -0.2) is 34.9 Å². The van der Waals surface area contributed by atoms with E-state index in [0.29, 0.717) is 17.9 Å². The van der Waals surface area contributed by atoms with Crippen LogP contribution < -0.4 is 10.1 Å². The van der Waals surface area contributed by atoms with Gasteiger partial charge in [-0.3, -0.25) is 0 Å². The Kier molecular flexibility index (Phi) is 8.20. The first kappa shape index (κ1) is 24.4. The van der Waals surface area contributed by atoms with Crippen molar-refractivity contribution in [2.24, 2.45) is 0 Å². The molecule has 0 spiro atoms. The van der Waals surface area contributed by atoms with E-state index in [1.54, 1.807) is 30.3 Å². The Balaban J connectivity index is 1.62. The van der Waals surface area contributed by atoms with E-state index in [1.807, 2.05) is 45.0 Å². The predicted octanol–water partition coefficient (Wildman–Crippen LogP) is 5.23. The first-order valence-electron chi connectivity index (χ1n) is 11.0. The Bertz CT molecular complexity index is 1080. The molecule has 0 fully saturated rings. The molecule has 0 aliphatic carbocycles. The van der Waals surface area contributed by atoms with E-state index in [9.17, 15) is 19.4 Å².